The molecule has 0 saturated heterocycles. The first-order valence-electron chi connectivity index (χ1n) is 4.30. The van der Waals surface area contributed by atoms with Gasteiger partial charge in [0.25, 0.3) is 0 Å². The number of phenolic OH excluding ortho intramolecular Hbond substituents is 1. The summed E-state index contributed by atoms with van der Waals surface area (Å²) >= 11 is 0. The van der Waals surface area contributed by atoms with Gasteiger partial charge in [0.15, 0.2) is 0 Å². The Balaban J connectivity index is 3.27. The van der Waals surface area contributed by atoms with Crippen molar-refractivity contribution in [2.75, 3.05) is 7.11 Å². The third kappa shape index (κ3) is 2.34. The Morgan fingerprint density at radius 3 is 2.87 bits per heavy atom. The standard InChI is InChI=1S/C11H11FO3/c1-3-4-7-5-8(12)6-9(10(7)13)11(14)15-2/h3,5-6,13H,1,4H2,2H3. The van der Waals surface area contributed by atoms with Crippen molar-refractivity contribution in [2.24, 2.45) is 0 Å². The number of rotatable bonds is 3. The van der Waals surface area contributed by atoms with Crippen LogP contribution in [0, 0.1) is 5.82 Å². The number of phenols is 1. The van der Waals surface area contributed by atoms with E-state index in [0.29, 0.717) is 5.56 Å². The number of hydrogen-bond acceptors (Lipinski definition) is 3. The summed E-state index contributed by atoms with van der Waals surface area (Å²) in [6.07, 6.45) is 1.79. The summed E-state index contributed by atoms with van der Waals surface area (Å²) in [5.74, 6) is -1.62. The van der Waals surface area contributed by atoms with Crippen LogP contribution in [0.15, 0.2) is 24.8 Å². The smallest absolute Gasteiger partial charge is 0.341 e. The lowest BCUT2D eigenvalue weighted by Gasteiger charge is -2.07. The number of carbonyl (C=O) groups excluding carboxylic acids is 1. The first-order chi connectivity index (χ1) is 7.10. The molecule has 15 heavy (non-hydrogen) atoms. The predicted molar refractivity (Wildman–Crippen MR) is 53.3 cm³/mol. The molecule has 0 atom stereocenters. The second-order valence-corrected chi connectivity index (χ2v) is 2.95. The number of methoxy groups -OCH3 is 1. The van der Waals surface area contributed by atoms with E-state index in [2.05, 4.69) is 11.3 Å². The second kappa shape index (κ2) is 4.59. The molecule has 0 radical (unpaired) electrons. The number of carbonyl (C=O) groups is 1. The molecular weight excluding hydrogens is 199 g/mol. The van der Waals surface area contributed by atoms with Gasteiger partial charge in [-0.25, -0.2) is 9.18 Å². The van der Waals surface area contributed by atoms with Gasteiger partial charge in [-0.1, -0.05) is 6.08 Å². The molecule has 0 aliphatic heterocycles. The van der Waals surface area contributed by atoms with Gasteiger partial charge >= 0.3 is 5.97 Å². The maximum Gasteiger partial charge on any atom is 0.341 e. The maximum atomic E-state index is 13.1. The fourth-order valence-electron chi connectivity index (χ4n) is 1.23. The van der Waals surface area contributed by atoms with Crippen LogP contribution in [0.1, 0.15) is 15.9 Å². The van der Waals surface area contributed by atoms with Gasteiger partial charge in [-0.15, -0.1) is 6.58 Å². The maximum absolute atomic E-state index is 13.1. The fourth-order valence-corrected chi connectivity index (χ4v) is 1.23. The molecule has 3 nitrogen and oxygen atoms in total. The molecule has 1 N–H and O–H groups in total. The van der Waals surface area contributed by atoms with E-state index in [1.54, 1.807) is 0 Å². The van der Waals surface area contributed by atoms with Gasteiger partial charge in [-0.2, -0.15) is 0 Å². The molecule has 1 aromatic carbocycles. The monoisotopic (exact) mass is 210 g/mol. The normalized spacial score (nSPS) is 9.73. The second-order valence-electron chi connectivity index (χ2n) is 2.95. The number of hydrogen-bond donors (Lipinski definition) is 1. The van der Waals surface area contributed by atoms with E-state index in [4.69, 9.17) is 0 Å². The Morgan fingerprint density at radius 2 is 2.33 bits per heavy atom. The van der Waals surface area contributed by atoms with Crippen molar-refractivity contribution in [3.63, 3.8) is 0 Å². The zero-order valence-electron chi connectivity index (χ0n) is 8.29. The average molecular weight is 210 g/mol. The summed E-state index contributed by atoms with van der Waals surface area (Å²) in [5.41, 5.74) is 0.139. The summed E-state index contributed by atoms with van der Waals surface area (Å²) in [5, 5.41) is 9.63. The third-order valence-electron chi connectivity index (χ3n) is 1.92. The van der Waals surface area contributed by atoms with Crippen molar-refractivity contribution in [1.29, 1.82) is 0 Å². The van der Waals surface area contributed by atoms with Crippen molar-refractivity contribution in [3.8, 4) is 5.75 Å². The lowest BCUT2D eigenvalue weighted by atomic mass is 10.1. The van der Waals surface area contributed by atoms with Crippen LogP contribution in [0.3, 0.4) is 0 Å². The molecule has 0 saturated carbocycles. The molecule has 0 spiro atoms. The fraction of sp³-hybridized carbons (Fsp3) is 0.182. The summed E-state index contributed by atoms with van der Waals surface area (Å²) in [7, 11) is 1.17. The van der Waals surface area contributed by atoms with Crippen molar-refractivity contribution in [3.05, 3.63) is 41.7 Å². The highest BCUT2D eigenvalue weighted by Gasteiger charge is 2.16. The number of halogens is 1. The van der Waals surface area contributed by atoms with Crippen molar-refractivity contribution >= 4 is 5.97 Å². The van der Waals surface area contributed by atoms with E-state index in [1.807, 2.05) is 0 Å². The molecule has 0 aliphatic rings. The van der Waals surface area contributed by atoms with Crippen LogP contribution in [-0.4, -0.2) is 18.2 Å². The molecule has 0 unspecified atom stereocenters. The van der Waals surface area contributed by atoms with E-state index in [-0.39, 0.29) is 17.7 Å². The van der Waals surface area contributed by atoms with E-state index in [1.165, 1.54) is 13.2 Å². The quantitative estimate of drug-likeness (QED) is 0.613. The summed E-state index contributed by atoms with van der Waals surface area (Å²) in [6, 6.07) is 2.09. The Hall–Kier alpha value is -1.84. The van der Waals surface area contributed by atoms with Crippen molar-refractivity contribution in [2.45, 2.75) is 6.42 Å². The Labute approximate surface area is 86.8 Å². The first kappa shape index (κ1) is 11.2. The number of aromatic hydroxyl groups is 1. The van der Waals surface area contributed by atoms with Gasteiger partial charge in [0, 0.05) is 5.56 Å². The Morgan fingerprint density at radius 1 is 1.67 bits per heavy atom. The van der Waals surface area contributed by atoms with Crippen LogP contribution in [0.4, 0.5) is 4.39 Å². The molecule has 0 heterocycles. The molecule has 1 rings (SSSR count). The molecule has 0 amide bonds. The minimum absolute atomic E-state index is 0.172. The highest BCUT2D eigenvalue weighted by Crippen LogP contribution is 2.25. The van der Waals surface area contributed by atoms with Crippen molar-refractivity contribution < 1.29 is 19.0 Å². The van der Waals surface area contributed by atoms with Crippen LogP contribution >= 0.6 is 0 Å². The van der Waals surface area contributed by atoms with Gasteiger partial charge in [-0.3, -0.25) is 0 Å². The average Bonchev–Trinajstić information content (AvgIpc) is 2.22. The van der Waals surface area contributed by atoms with Crippen molar-refractivity contribution in [1.82, 2.24) is 0 Å². The molecule has 80 valence electrons. The highest BCUT2D eigenvalue weighted by atomic mass is 19.1. The molecule has 4 heteroatoms. The summed E-state index contributed by atoms with van der Waals surface area (Å²) < 4.78 is 17.5. The lowest BCUT2D eigenvalue weighted by Crippen LogP contribution is -2.04. The molecule has 0 fully saturated rings. The summed E-state index contributed by atoms with van der Waals surface area (Å²) in [4.78, 5) is 11.2. The number of ether oxygens (including phenoxy) is 1. The van der Waals surface area contributed by atoms with Gasteiger partial charge in [0.2, 0.25) is 0 Å². The number of allylic oxidation sites excluding steroid dienone is 1. The van der Waals surface area contributed by atoms with Crippen LogP contribution < -0.4 is 0 Å². The highest BCUT2D eigenvalue weighted by molar-refractivity contribution is 5.92. The first-order valence-corrected chi connectivity index (χ1v) is 4.30. The zero-order chi connectivity index (χ0) is 11.4. The van der Waals surface area contributed by atoms with E-state index < -0.39 is 11.8 Å². The number of esters is 1. The Bertz CT molecular complexity index is 399. The molecular formula is C11H11FO3. The molecule has 0 bridgehead atoms. The number of benzene rings is 1. The van der Waals surface area contributed by atoms with Gasteiger partial charge in [0.1, 0.15) is 17.1 Å². The summed E-state index contributed by atoms with van der Waals surface area (Å²) in [6.45, 7) is 3.47. The van der Waals surface area contributed by atoms with Crippen LogP contribution in [0.2, 0.25) is 0 Å². The minimum Gasteiger partial charge on any atom is -0.507 e. The van der Waals surface area contributed by atoms with Crippen LogP contribution in [0.25, 0.3) is 0 Å². The lowest BCUT2D eigenvalue weighted by molar-refractivity contribution is 0.0596. The van der Waals surface area contributed by atoms with E-state index in [9.17, 15) is 14.3 Å². The molecule has 0 aromatic heterocycles. The van der Waals surface area contributed by atoms with Crippen LogP contribution in [-0.2, 0) is 11.2 Å². The van der Waals surface area contributed by atoms with Gasteiger partial charge in [0.05, 0.1) is 7.11 Å². The Kier molecular flexibility index (Phi) is 3.44. The SMILES string of the molecule is C=CCc1cc(F)cc(C(=O)OC)c1O. The molecule has 1 aromatic rings. The molecule has 0 aliphatic carbocycles. The van der Waals surface area contributed by atoms with Crippen LogP contribution in [0.5, 0.6) is 5.75 Å². The topological polar surface area (TPSA) is 46.5 Å². The largest absolute Gasteiger partial charge is 0.507 e. The van der Waals surface area contributed by atoms with Gasteiger partial charge in [-0.05, 0) is 18.6 Å². The minimum atomic E-state index is -0.766. The third-order valence-corrected chi connectivity index (χ3v) is 1.92. The predicted octanol–water partition coefficient (Wildman–Crippen LogP) is 2.05. The van der Waals surface area contributed by atoms with E-state index >= 15 is 0 Å². The van der Waals surface area contributed by atoms with Gasteiger partial charge < -0.3 is 9.84 Å². The van der Waals surface area contributed by atoms with E-state index in [0.717, 1.165) is 12.1 Å². The zero-order valence-corrected chi connectivity index (χ0v) is 8.29.